The third-order valence-corrected chi connectivity index (χ3v) is 7.77. The minimum Gasteiger partial charge on any atom is -0.399 e. The van der Waals surface area contributed by atoms with E-state index >= 15 is 0 Å². The highest BCUT2D eigenvalue weighted by atomic mass is 32.2. The fraction of sp³-hybridized carbons (Fsp3) is 0.435. The molecule has 3 aromatic rings. The van der Waals surface area contributed by atoms with Crippen LogP contribution in [0.15, 0.2) is 47.4 Å². The van der Waals surface area contributed by atoms with E-state index in [0.717, 1.165) is 23.4 Å². The number of nitrogens with two attached hydrogens (primary N) is 1. The summed E-state index contributed by atoms with van der Waals surface area (Å²) in [5, 5.41) is 0. The normalized spacial score (nSPS) is 15.3. The highest BCUT2D eigenvalue weighted by molar-refractivity contribution is 7.92. The molecular weight excluding hydrogens is 396 g/mol. The average Bonchev–Trinajstić information content (AvgIpc) is 3.02. The second kappa shape index (κ2) is 7.30. The van der Waals surface area contributed by atoms with Crippen molar-refractivity contribution in [2.24, 2.45) is 5.92 Å². The van der Waals surface area contributed by atoms with Crippen LogP contribution in [0.3, 0.4) is 0 Å². The van der Waals surface area contributed by atoms with Crippen molar-refractivity contribution in [1.29, 1.82) is 0 Å². The minimum absolute atomic E-state index is 0.0924. The molecule has 1 aromatic heterocycles. The van der Waals surface area contributed by atoms with Gasteiger partial charge in [-0.05, 0) is 61.2 Å². The van der Waals surface area contributed by atoms with Crippen LogP contribution in [0.4, 0.5) is 11.4 Å². The van der Waals surface area contributed by atoms with Crippen molar-refractivity contribution >= 4 is 32.4 Å². The van der Waals surface area contributed by atoms with E-state index < -0.39 is 10.0 Å². The molecule has 0 saturated heterocycles. The van der Waals surface area contributed by atoms with Gasteiger partial charge in [-0.2, -0.15) is 0 Å². The maximum Gasteiger partial charge on any atom is 0.264 e. The van der Waals surface area contributed by atoms with Crippen molar-refractivity contribution in [3.8, 4) is 0 Å². The molecular formula is C23H30N4O2S. The van der Waals surface area contributed by atoms with Gasteiger partial charge in [0.25, 0.3) is 10.0 Å². The number of imidazole rings is 1. The standard InChI is InChI=1S/C23H30N4O2S/c1-23(2,3)22-25-20-14-18(10-13-21(20)27(22)15-16-6-5-7-16)26(4)30(28,29)19-11-8-17(24)9-12-19/h8-14,16H,5-7,15,24H2,1-4H3. The van der Waals surface area contributed by atoms with Crippen LogP contribution >= 0.6 is 0 Å². The van der Waals surface area contributed by atoms with E-state index in [1.165, 1.54) is 35.7 Å². The molecule has 30 heavy (non-hydrogen) atoms. The molecule has 160 valence electrons. The molecule has 4 rings (SSSR count). The van der Waals surface area contributed by atoms with E-state index in [1.54, 1.807) is 19.2 Å². The molecule has 0 amide bonds. The van der Waals surface area contributed by atoms with Crippen molar-refractivity contribution in [3.05, 3.63) is 48.3 Å². The smallest absolute Gasteiger partial charge is 0.264 e. The zero-order valence-electron chi connectivity index (χ0n) is 18.1. The van der Waals surface area contributed by atoms with Crippen molar-refractivity contribution in [1.82, 2.24) is 9.55 Å². The third kappa shape index (κ3) is 3.67. The fourth-order valence-electron chi connectivity index (χ4n) is 3.94. The van der Waals surface area contributed by atoms with Crippen molar-refractivity contribution in [2.75, 3.05) is 17.1 Å². The van der Waals surface area contributed by atoms with E-state index in [4.69, 9.17) is 10.7 Å². The SMILES string of the molecule is CN(c1ccc2c(c1)nc(C(C)(C)C)n2CC1CCC1)S(=O)(=O)c1ccc(N)cc1. The summed E-state index contributed by atoms with van der Waals surface area (Å²) < 4.78 is 29.8. The number of anilines is 2. The predicted molar refractivity (Wildman–Crippen MR) is 122 cm³/mol. The van der Waals surface area contributed by atoms with Crippen molar-refractivity contribution < 1.29 is 8.42 Å². The summed E-state index contributed by atoms with van der Waals surface area (Å²) in [6.45, 7) is 7.49. The zero-order chi connectivity index (χ0) is 21.7. The van der Waals surface area contributed by atoms with E-state index in [9.17, 15) is 8.42 Å². The quantitative estimate of drug-likeness (QED) is 0.607. The van der Waals surface area contributed by atoms with Gasteiger partial charge in [0.15, 0.2) is 0 Å². The topological polar surface area (TPSA) is 81.2 Å². The highest BCUT2D eigenvalue weighted by Gasteiger charge is 2.27. The van der Waals surface area contributed by atoms with Crippen LogP contribution in [0.25, 0.3) is 11.0 Å². The van der Waals surface area contributed by atoms with Crippen LogP contribution in [0.1, 0.15) is 45.9 Å². The Labute approximate surface area is 178 Å². The maximum atomic E-state index is 13.1. The van der Waals surface area contributed by atoms with Crippen LogP contribution < -0.4 is 10.0 Å². The first kappa shape index (κ1) is 20.7. The zero-order valence-corrected chi connectivity index (χ0v) is 18.9. The summed E-state index contributed by atoms with van der Waals surface area (Å²) in [6.07, 6.45) is 3.84. The molecule has 0 aliphatic heterocycles. The van der Waals surface area contributed by atoms with Crippen LogP contribution in [-0.4, -0.2) is 25.0 Å². The van der Waals surface area contributed by atoms with Crippen LogP contribution in [0.5, 0.6) is 0 Å². The number of fused-ring (bicyclic) bond motifs is 1. The van der Waals surface area contributed by atoms with Crippen LogP contribution in [0, 0.1) is 5.92 Å². The molecule has 2 aromatic carbocycles. The van der Waals surface area contributed by atoms with E-state index in [1.807, 2.05) is 18.2 Å². The third-order valence-electron chi connectivity index (χ3n) is 5.97. The Kier molecular flexibility index (Phi) is 5.04. The number of sulfonamides is 1. The summed E-state index contributed by atoms with van der Waals surface area (Å²) in [5.74, 6) is 1.75. The molecule has 1 saturated carbocycles. The second-order valence-corrected chi connectivity index (χ2v) is 11.3. The molecule has 1 aliphatic carbocycles. The Morgan fingerprint density at radius 2 is 1.80 bits per heavy atom. The molecule has 2 N–H and O–H groups in total. The molecule has 1 heterocycles. The summed E-state index contributed by atoms with van der Waals surface area (Å²) in [4.78, 5) is 5.14. The van der Waals surface area contributed by atoms with Gasteiger partial charge in [-0.25, -0.2) is 13.4 Å². The van der Waals surface area contributed by atoms with Gasteiger partial charge in [0.2, 0.25) is 0 Å². The minimum atomic E-state index is -3.68. The van der Waals surface area contributed by atoms with Crippen LogP contribution in [-0.2, 0) is 22.0 Å². The first-order valence-electron chi connectivity index (χ1n) is 10.4. The summed E-state index contributed by atoms with van der Waals surface area (Å²) in [6, 6.07) is 12.0. The Bertz CT molecular complexity index is 1170. The molecule has 0 unspecified atom stereocenters. The molecule has 0 bridgehead atoms. The lowest BCUT2D eigenvalue weighted by atomic mass is 9.85. The summed E-state index contributed by atoms with van der Waals surface area (Å²) in [5.41, 5.74) is 8.62. The van der Waals surface area contributed by atoms with Gasteiger partial charge in [0.05, 0.1) is 21.6 Å². The number of rotatable bonds is 5. The molecule has 0 atom stereocenters. The molecule has 1 aliphatic rings. The Morgan fingerprint density at radius 1 is 1.13 bits per heavy atom. The highest BCUT2D eigenvalue weighted by Crippen LogP contribution is 2.34. The van der Waals surface area contributed by atoms with Gasteiger partial charge < -0.3 is 10.3 Å². The first-order valence-corrected chi connectivity index (χ1v) is 11.9. The summed E-state index contributed by atoms with van der Waals surface area (Å²) in [7, 11) is -2.11. The lowest BCUT2D eigenvalue weighted by Gasteiger charge is -2.29. The lowest BCUT2D eigenvalue weighted by molar-refractivity contribution is 0.272. The molecule has 6 nitrogen and oxygen atoms in total. The number of hydrogen-bond donors (Lipinski definition) is 1. The molecule has 0 spiro atoms. The monoisotopic (exact) mass is 426 g/mol. The second-order valence-electron chi connectivity index (χ2n) is 9.31. The number of nitrogens with zero attached hydrogens (tertiary/aromatic N) is 3. The van der Waals surface area contributed by atoms with E-state index in [0.29, 0.717) is 17.3 Å². The largest absolute Gasteiger partial charge is 0.399 e. The molecule has 7 heteroatoms. The van der Waals surface area contributed by atoms with Gasteiger partial charge in [0, 0.05) is 24.7 Å². The molecule has 0 radical (unpaired) electrons. The van der Waals surface area contributed by atoms with Gasteiger partial charge in [-0.3, -0.25) is 4.31 Å². The average molecular weight is 427 g/mol. The fourth-order valence-corrected chi connectivity index (χ4v) is 5.13. The van der Waals surface area contributed by atoms with Gasteiger partial charge >= 0.3 is 0 Å². The number of aromatic nitrogens is 2. The summed E-state index contributed by atoms with van der Waals surface area (Å²) >= 11 is 0. The van der Waals surface area contributed by atoms with Crippen LogP contribution in [0.2, 0.25) is 0 Å². The number of nitrogen functional groups attached to an aromatic ring is 1. The number of hydrogen-bond acceptors (Lipinski definition) is 4. The first-order chi connectivity index (χ1) is 14.1. The predicted octanol–water partition coefficient (Wildman–Crippen LogP) is 4.54. The number of benzene rings is 2. The van der Waals surface area contributed by atoms with Gasteiger partial charge in [-0.1, -0.05) is 27.2 Å². The Balaban J connectivity index is 1.75. The maximum absolute atomic E-state index is 13.1. The Hall–Kier alpha value is -2.54. The Morgan fingerprint density at radius 3 is 2.37 bits per heavy atom. The van der Waals surface area contributed by atoms with Gasteiger partial charge in [0.1, 0.15) is 5.82 Å². The van der Waals surface area contributed by atoms with E-state index in [-0.39, 0.29) is 10.3 Å². The van der Waals surface area contributed by atoms with E-state index in [2.05, 4.69) is 25.3 Å². The van der Waals surface area contributed by atoms with Crippen molar-refractivity contribution in [3.63, 3.8) is 0 Å². The lowest BCUT2D eigenvalue weighted by Crippen LogP contribution is -2.26. The van der Waals surface area contributed by atoms with Gasteiger partial charge in [-0.15, -0.1) is 0 Å². The molecule has 1 fully saturated rings. The van der Waals surface area contributed by atoms with Crippen molar-refractivity contribution in [2.45, 2.75) is 56.9 Å².